The second-order valence-corrected chi connectivity index (χ2v) is 6.34. The molecule has 142 valence electrons. The predicted molar refractivity (Wildman–Crippen MR) is 98.8 cm³/mol. The fraction of sp³-hybridized carbons (Fsp3) is 0.250. The average molecular weight is 375 g/mol. The number of amides is 1. The normalized spacial score (nSPS) is 11.3. The zero-order valence-electron chi connectivity index (χ0n) is 14.9. The summed E-state index contributed by atoms with van der Waals surface area (Å²) >= 11 is 0. The number of H-pyrrole nitrogens is 1. The Bertz CT molecular complexity index is 955. The third kappa shape index (κ3) is 4.31. The Kier molecular flexibility index (Phi) is 5.81. The van der Waals surface area contributed by atoms with Crippen LogP contribution in [0.5, 0.6) is 0 Å². The van der Waals surface area contributed by atoms with Gasteiger partial charge in [-0.3, -0.25) is 9.69 Å². The van der Waals surface area contributed by atoms with Crippen LogP contribution in [-0.4, -0.2) is 28.9 Å². The third-order valence-corrected chi connectivity index (χ3v) is 4.29. The molecule has 0 saturated heterocycles. The largest absolute Gasteiger partial charge is 0.361 e. The van der Waals surface area contributed by atoms with Gasteiger partial charge in [-0.1, -0.05) is 25.1 Å². The highest BCUT2D eigenvalue weighted by Gasteiger charge is 2.17. The minimum absolute atomic E-state index is 0.00574. The van der Waals surface area contributed by atoms with Gasteiger partial charge in [0, 0.05) is 23.6 Å². The number of carbonyl (C=O) groups is 1. The first-order chi connectivity index (χ1) is 13.0. The minimum Gasteiger partial charge on any atom is -0.361 e. The molecule has 0 fully saturated rings. The Morgan fingerprint density at radius 1 is 1.11 bits per heavy atom. The first-order valence-electron chi connectivity index (χ1n) is 8.70. The summed E-state index contributed by atoms with van der Waals surface area (Å²) in [7, 11) is 0. The van der Waals surface area contributed by atoms with Crippen molar-refractivity contribution in [1.29, 1.82) is 0 Å². The number of aromatic amines is 1. The summed E-state index contributed by atoms with van der Waals surface area (Å²) in [6, 6.07) is 9.65. The number of benzene rings is 2. The highest BCUT2D eigenvalue weighted by molar-refractivity contribution is 5.92. The Morgan fingerprint density at radius 2 is 1.89 bits per heavy atom. The Labute approximate surface area is 155 Å². The van der Waals surface area contributed by atoms with Crippen LogP contribution in [0.4, 0.5) is 18.9 Å². The van der Waals surface area contributed by atoms with Gasteiger partial charge in [0.05, 0.1) is 12.2 Å². The van der Waals surface area contributed by atoms with Crippen molar-refractivity contribution in [3.05, 3.63) is 65.6 Å². The van der Waals surface area contributed by atoms with Crippen molar-refractivity contribution < 1.29 is 18.0 Å². The van der Waals surface area contributed by atoms with E-state index < -0.39 is 23.4 Å². The van der Waals surface area contributed by atoms with Crippen LogP contribution >= 0.6 is 0 Å². The molecule has 0 aliphatic carbocycles. The van der Waals surface area contributed by atoms with E-state index in [0.29, 0.717) is 13.1 Å². The number of anilines is 1. The van der Waals surface area contributed by atoms with Crippen LogP contribution in [0.3, 0.4) is 0 Å². The van der Waals surface area contributed by atoms with Crippen molar-refractivity contribution in [2.24, 2.45) is 0 Å². The summed E-state index contributed by atoms with van der Waals surface area (Å²) < 4.78 is 40.1. The molecule has 2 aromatic carbocycles. The van der Waals surface area contributed by atoms with Gasteiger partial charge >= 0.3 is 0 Å². The van der Waals surface area contributed by atoms with Gasteiger partial charge in [-0.15, -0.1) is 0 Å². The van der Waals surface area contributed by atoms with Crippen LogP contribution < -0.4 is 5.32 Å². The lowest BCUT2D eigenvalue weighted by Crippen LogP contribution is -2.33. The zero-order chi connectivity index (χ0) is 19.4. The molecule has 1 amide bonds. The molecule has 7 heteroatoms. The monoisotopic (exact) mass is 375 g/mol. The molecular weight excluding hydrogens is 355 g/mol. The highest BCUT2D eigenvalue weighted by atomic mass is 19.2. The van der Waals surface area contributed by atoms with Gasteiger partial charge in [-0.05, 0) is 36.7 Å². The number of nitrogens with zero attached hydrogens (tertiary/aromatic N) is 1. The molecule has 0 aliphatic rings. The van der Waals surface area contributed by atoms with E-state index >= 15 is 0 Å². The lowest BCUT2D eigenvalue weighted by atomic mass is 10.1. The van der Waals surface area contributed by atoms with E-state index in [4.69, 9.17) is 0 Å². The van der Waals surface area contributed by atoms with Crippen molar-refractivity contribution in [2.75, 3.05) is 18.4 Å². The third-order valence-electron chi connectivity index (χ3n) is 4.29. The summed E-state index contributed by atoms with van der Waals surface area (Å²) in [5.74, 6) is -4.79. The van der Waals surface area contributed by atoms with E-state index in [-0.39, 0.29) is 12.2 Å². The fourth-order valence-corrected chi connectivity index (χ4v) is 3.05. The maximum Gasteiger partial charge on any atom is 0.238 e. The van der Waals surface area contributed by atoms with E-state index in [1.165, 1.54) is 0 Å². The molecule has 0 bridgehead atoms. The molecule has 27 heavy (non-hydrogen) atoms. The van der Waals surface area contributed by atoms with Gasteiger partial charge in [0.1, 0.15) is 0 Å². The van der Waals surface area contributed by atoms with Crippen molar-refractivity contribution in [1.82, 2.24) is 9.88 Å². The number of halogens is 3. The van der Waals surface area contributed by atoms with Gasteiger partial charge in [0.15, 0.2) is 17.5 Å². The molecule has 0 spiro atoms. The Hall–Kier alpha value is -2.80. The smallest absolute Gasteiger partial charge is 0.238 e. The van der Waals surface area contributed by atoms with Gasteiger partial charge in [-0.25, -0.2) is 13.2 Å². The summed E-state index contributed by atoms with van der Waals surface area (Å²) in [6.45, 7) is 3.19. The van der Waals surface area contributed by atoms with Crippen molar-refractivity contribution in [2.45, 2.75) is 19.9 Å². The number of para-hydroxylation sites is 1. The number of rotatable bonds is 7. The lowest BCUT2D eigenvalue weighted by Gasteiger charge is -2.21. The number of carbonyl (C=O) groups excluding carboxylic acids is 1. The van der Waals surface area contributed by atoms with Crippen molar-refractivity contribution >= 4 is 22.5 Å². The van der Waals surface area contributed by atoms with Crippen LogP contribution in [0.15, 0.2) is 42.6 Å². The molecule has 2 N–H and O–H groups in total. The second-order valence-electron chi connectivity index (χ2n) is 6.34. The summed E-state index contributed by atoms with van der Waals surface area (Å²) in [5, 5.41) is 3.39. The van der Waals surface area contributed by atoms with Gasteiger partial charge in [0.2, 0.25) is 5.91 Å². The Morgan fingerprint density at radius 3 is 2.67 bits per heavy atom. The number of hydrogen-bond acceptors (Lipinski definition) is 2. The standard InChI is InChI=1S/C20H20F3N3O/c1-2-9-26(11-13-10-24-16-6-4-3-5-14(13)16)12-18(27)25-17-8-7-15(21)19(22)20(17)23/h3-8,10,24H,2,9,11-12H2,1H3,(H,25,27). The van der Waals surface area contributed by atoms with E-state index in [0.717, 1.165) is 35.0 Å². The van der Waals surface area contributed by atoms with E-state index in [1.54, 1.807) is 0 Å². The molecule has 0 atom stereocenters. The van der Waals surface area contributed by atoms with Crippen molar-refractivity contribution in [3.63, 3.8) is 0 Å². The maximum atomic E-state index is 13.7. The molecule has 0 saturated carbocycles. The molecule has 0 unspecified atom stereocenters. The van der Waals surface area contributed by atoms with Crippen LogP contribution in [0.2, 0.25) is 0 Å². The number of hydrogen-bond donors (Lipinski definition) is 2. The van der Waals surface area contributed by atoms with Crippen molar-refractivity contribution in [3.8, 4) is 0 Å². The van der Waals surface area contributed by atoms with Gasteiger partial charge in [-0.2, -0.15) is 0 Å². The van der Waals surface area contributed by atoms with Crippen LogP contribution in [0, 0.1) is 17.5 Å². The molecule has 3 aromatic rings. The highest BCUT2D eigenvalue weighted by Crippen LogP contribution is 2.21. The van der Waals surface area contributed by atoms with E-state index in [1.807, 2.05) is 42.3 Å². The number of aromatic nitrogens is 1. The SMILES string of the molecule is CCCN(CC(=O)Nc1ccc(F)c(F)c1F)Cc1c[nH]c2ccccc12. The molecule has 1 aromatic heterocycles. The van der Waals surface area contributed by atoms with E-state index in [2.05, 4.69) is 10.3 Å². The molecular formula is C20H20F3N3O. The average Bonchev–Trinajstić information content (AvgIpc) is 3.05. The maximum absolute atomic E-state index is 13.7. The summed E-state index contributed by atoms with van der Waals surface area (Å²) in [4.78, 5) is 17.4. The first-order valence-corrected chi connectivity index (χ1v) is 8.70. The molecule has 0 aliphatic heterocycles. The van der Waals surface area contributed by atoms with Gasteiger partial charge in [0.25, 0.3) is 0 Å². The minimum atomic E-state index is -1.60. The molecule has 1 heterocycles. The summed E-state index contributed by atoms with van der Waals surface area (Å²) in [5.41, 5.74) is 1.69. The quantitative estimate of drug-likeness (QED) is 0.600. The number of nitrogens with one attached hydrogen (secondary N) is 2. The lowest BCUT2D eigenvalue weighted by molar-refractivity contribution is -0.117. The second kappa shape index (κ2) is 8.26. The Balaban J connectivity index is 1.70. The topological polar surface area (TPSA) is 48.1 Å². The van der Waals surface area contributed by atoms with Gasteiger partial charge < -0.3 is 10.3 Å². The fourth-order valence-electron chi connectivity index (χ4n) is 3.05. The van der Waals surface area contributed by atoms with E-state index in [9.17, 15) is 18.0 Å². The first kappa shape index (κ1) is 19.0. The van der Waals surface area contributed by atoms with Crippen LogP contribution in [0.1, 0.15) is 18.9 Å². The summed E-state index contributed by atoms with van der Waals surface area (Å²) in [6.07, 6.45) is 2.73. The van der Waals surface area contributed by atoms with Crippen LogP contribution in [-0.2, 0) is 11.3 Å². The zero-order valence-corrected chi connectivity index (χ0v) is 14.9. The molecule has 3 rings (SSSR count). The number of fused-ring (bicyclic) bond motifs is 1. The van der Waals surface area contributed by atoms with Crippen LogP contribution in [0.25, 0.3) is 10.9 Å². The molecule has 0 radical (unpaired) electrons. The predicted octanol–water partition coefficient (Wildman–Crippen LogP) is 4.44. The molecule has 4 nitrogen and oxygen atoms in total.